The van der Waals surface area contributed by atoms with Crippen LogP contribution >= 0.6 is 0 Å². The molecule has 0 radical (unpaired) electrons. The van der Waals surface area contributed by atoms with Gasteiger partial charge < -0.3 is 29.5 Å². The zero-order valence-corrected chi connectivity index (χ0v) is 22.1. The zero-order valence-electron chi connectivity index (χ0n) is 16.4. The number of rotatable bonds is 14. The summed E-state index contributed by atoms with van der Waals surface area (Å²) in [4.78, 5) is 3.02. The SMILES string of the molecule is O=S(=O)([O-])CCN(CCO)CCO.O=S(=O)([O-])CCN(CCO)CCO.[Na+].[Na+]. The van der Waals surface area contributed by atoms with E-state index in [-0.39, 0.29) is 125 Å². The number of aliphatic hydroxyl groups excluding tert-OH is 4. The van der Waals surface area contributed by atoms with Crippen LogP contribution in [-0.4, -0.2) is 133 Å². The van der Waals surface area contributed by atoms with Crippen molar-refractivity contribution in [3.05, 3.63) is 0 Å². The van der Waals surface area contributed by atoms with Crippen LogP contribution in [0.15, 0.2) is 0 Å². The number of nitrogens with zero attached hydrogens (tertiary/aromatic N) is 2. The minimum Gasteiger partial charge on any atom is -0.748 e. The predicted octanol–water partition coefficient (Wildman–Crippen LogP) is -10.4. The molecule has 0 saturated carbocycles. The van der Waals surface area contributed by atoms with Crippen LogP contribution in [0.2, 0.25) is 0 Å². The van der Waals surface area contributed by atoms with Crippen LogP contribution in [-0.2, 0) is 20.2 Å². The van der Waals surface area contributed by atoms with E-state index in [0.717, 1.165) is 0 Å². The van der Waals surface area contributed by atoms with Gasteiger partial charge in [-0.3, -0.25) is 9.80 Å². The normalized spacial score (nSPS) is 11.4. The van der Waals surface area contributed by atoms with Crippen molar-refractivity contribution in [3.63, 3.8) is 0 Å². The van der Waals surface area contributed by atoms with Crippen molar-refractivity contribution in [1.29, 1.82) is 0 Å². The van der Waals surface area contributed by atoms with Gasteiger partial charge in [-0.25, -0.2) is 16.8 Å². The van der Waals surface area contributed by atoms with E-state index in [1.54, 1.807) is 0 Å². The monoisotopic (exact) mass is 470 g/mol. The second-order valence-electron chi connectivity index (χ2n) is 5.10. The molecule has 12 nitrogen and oxygen atoms in total. The molecule has 0 fully saturated rings. The molecular formula is C12H28N2Na2O10S2. The molecular weight excluding hydrogens is 442 g/mol. The van der Waals surface area contributed by atoms with E-state index in [2.05, 4.69) is 0 Å². The standard InChI is InChI=1S/2C6H15NO5S.2Na/c2*8-4-1-7(2-5-9)3-6-13(10,11)12;;/h2*8-9H,1-6H2,(H,10,11,12);;/q;;2*+1/p-2. The topological polar surface area (TPSA) is 202 Å². The van der Waals surface area contributed by atoms with Gasteiger partial charge in [0.1, 0.15) is 0 Å². The van der Waals surface area contributed by atoms with Gasteiger partial charge in [-0.1, -0.05) is 0 Å². The van der Waals surface area contributed by atoms with E-state index in [4.69, 9.17) is 20.4 Å². The van der Waals surface area contributed by atoms with Gasteiger partial charge in [0.2, 0.25) is 0 Å². The Balaban J connectivity index is -0.000000192. The van der Waals surface area contributed by atoms with Gasteiger partial charge in [0, 0.05) is 39.3 Å². The van der Waals surface area contributed by atoms with Gasteiger partial charge in [0.25, 0.3) is 0 Å². The van der Waals surface area contributed by atoms with Crippen molar-refractivity contribution >= 4 is 20.2 Å². The second kappa shape index (κ2) is 21.8. The van der Waals surface area contributed by atoms with E-state index >= 15 is 0 Å². The molecule has 0 aliphatic rings. The number of hydrogen-bond donors (Lipinski definition) is 4. The molecule has 28 heavy (non-hydrogen) atoms. The molecule has 0 atom stereocenters. The molecule has 0 aromatic heterocycles. The van der Waals surface area contributed by atoms with Crippen molar-refractivity contribution in [3.8, 4) is 0 Å². The van der Waals surface area contributed by atoms with Gasteiger partial charge in [0.15, 0.2) is 0 Å². The summed E-state index contributed by atoms with van der Waals surface area (Å²) in [5, 5.41) is 34.2. The molecule has 0 amide bonds. The molecule has 0 bridgehead atoms. The van der Waals surface area contributed by atoms with Crippen LogP contribution in [0.4, 0.5) is 0 Å². The van der Waals surface area contributed by atoms with Crippen molar-refractivity contribution < 1.29 is 105 Å². The van der Waals surface area contributed by atoms with Crippen LogP contribution in [0.5, 0.6) is 0 Å². The van der Waals surface area contributed by atoms with E-state index in [0.29, 0.717) is 0 Å². The van der Waals surface area contributed by atoms with Gasteiger partial charge in [-0.15, -0.1) is 0 Å². The molecule has 0 spiro atoms. The molecule has 0 aromatic rings. The average Bonchev–Trinajstić information content (AvgIpc) is 2.50. The molecule has 0 aliphatic heterocycles. The third-order valence-corrected chi connectivity index (χ3v) is 4.35. The first-order valence-corrected chi connectivity index (χ1v) is 10.9. The minimum atomic E-state index is -4.21. The van der Waals surface area contributed by atoms with Crippen molar-refractivity contribution in [2.24, 2.45) is 0 Å². The van der Waals surface area contributed by atoms with Crippen LogP contribution in [0.1, 0.15) is 0 Å². The Morgan fingerprint density at radius 2 is 0.750 bits per heavy atom. The van der Waals surface area contributed by atoms with Gasteiger partial charge in [-0.05, 0) is 0 Å². The average molecular weight is 470 g/mol. The van der Waals surface area contributed by atoms with Crippen molar-refractivity contribution in [2.75, 3.05) is 77.2 Å². The zero-order chi connectivity index (χ0) is 20.6. The summed E-state index contributed by atoms with van der Waals surface area (Å²) in [7, 11) is -8.42. The first-order valence-electron chi connectivity index (χ1n) is 7.74. The van der Waals surface area contributed by atoms with E-state index in [1.807, 2.05) is 0 Å². The van der Waals surface area contributed by atoms with E-state index in [9.17, 15) is 25.9 Å². The molecule has 0 heterocycles. The summed E-state index contributed by atoms with van der Waals surface area (Å²) in [5.41, 5.74) is 0. The third-order valence-electron chi connectivity index (χ3n) is 2.98. The molecule has 0 aliphatic carbocycles. The molecule has 160 valence electrons. The Morgan fingerprint density at radius 3 is 0.893 bits per heavy atom. The Hall–Kier alpha value is 1.58. The smallest absolute Gasteiger partial charge is 0.748 e. The van der Waals surface area contributed by atoms with Crippen LogP contribution < -0.4 is 59.1 Å². The summed E-state index contributed by atoms with van der Waals surface area (Å²) in [5.74, 6) is -0.986. The molecule has 0 saturated heterocycles. The summed E-state index contributed by atoms with van der Waals surface area (Å²) in [6.07, 6.45) is 0. The van der Waals surface area contributed by atoms with Crippen LogP contribution in [0, 0.1) is 0 Å². The molecule has 0 aromatic carbocycles. The fourth-order valence-corrected chi connectivity index (χ4v) is 2.68. The Bertz CT molecular complexity index is 477. The summed E-state index contributed by atoms with van der Waals surface area (Å²) < 4.78 is 61.4. The van der Waals surface area contributed by atoms with Gasteiger partial charge in [0.05, 0.1) is 58.2 Å². The van der Waals surface area contributed by atoms with Crippen LogP contribution in [0.3, 0.4) is 0 Å². The maximum absolute atomic E-state index is 10.2. The maximum Gasteiger partial charge on any atom is 1.00 e. The minimum absolute atomic E-state index is 0. The molecule has 16 heteroatoms. The quantitative estimate of drug-likeness (QED) is 0.138. The van der Waals surface area contributed by atoms with Crippen molar-refractivity contribution in [2.45, 2.75) is 0 Å². The van der Waals surface area contributed by atoms with E-state index < -0.39 is 31.7 Å². The van der Waals surface area contributed by atoms with Gasteiger partial charge >= 0.3 is 59.1 Å². The summed E-state index contributed by atoms with van der Waals surface area (Å²) in [6, 6.07) is 0. The fraction of sp³-hybridized carbons (Fsp3) is 1.00. The molecule has 0 unspecified atom stereocenters. The Labute approximate surface area is 211 Å². The fourth-order valence-electron chi connectivity index (χ4n) is 1.72. The Morgan fingerprint density at radius 1 is 0.536 bits per heavy atom. The number of aliphatic hydroxyl groups is 4. The second-order valence-corrected chi connectivity index (χ2v) is 8.15. The maximum atomic E-state index is 10.2. The number of hydrogen-bond acceptors (Lipinski definition) is 12. The third kappa shape index (κ3) is 29.8. The molecule has 4 N–H and O–H groups in total. The first-order chi connectivity index (χ1) is 12.0. The molecule has 0 rings (SSSR count). The summed E-state index contributed by atoms with van der Waals surface area (Å²) >= 11 is 0. The van der Waals surface area contributed by atoms with E-state index in [1.165, 1.54) is 9.80 Å². The largest absolute Gasteiger partial charge is 1.00 e. The predicted molar refractivity (Wildman–Crippen MR) is 90.4 cm³/mol. The van der Waals surface area contributed by atoms with Crippen LogP contribution in [0.25, 0.3) is 0 Å². The summed E-state index contributed by atoms with van der Waals surface area (Å²) in [6.45, 7) is 0.633. The van der Waals surface area contributed by atoms with Gasteiger partial charge in [-0.2, -0.15) is 0 Å². The van der Waals surface area contributed by atoms with Crippen molar-refractivity contribution in [1.82, 2.24) is 9.80 Å². The first kappa shape index (κ1) is 36.9. The Kier molecular flexibility index (Phi) is 28.7.